The molecule has 0 radical (unpaired) electrons. The van der Waals surface area contributed by atoms with Crippen molar-refractivity contribution in [3.05, 3.63) is 30.3 Å². The highest BCUT2D eigenvalue weighted by Crippen LogP contribution is 2.37. The predicted molar refractivity (Wildman–Crippen MR) is 123 cm³/mol. The number of nitrogens with zero attached hydrogens (tertiary/aromatic N) is 1. The third-order valence-electron chi connectivity index (χ3n) is 6.33. The van der Waals surface area contributed by atoms with E-state index in [2.05, 4.69) is 53.0 Å². The average molecular weight is 441 g/mol. The molecular formula is C22H40N2O3SSi. The van der Waals surface area contributed by atoms with Crippen LogP contribution in [-0.2, 0) is 14.4 Å². The third-order valence-corrected chi connectivity index (χ3v) is 12.7. The van der Waals surface area contributed by atoms with Gasteiger partial charge in [-0.25, -0.2) is 8.42 Å². The van der Waals surface area contributed by atoms with E-state index in [9.17, 15) is 8.42 Å². The topological polar surface area (TPSA) is 58.6 Å². The van der Waals surface area contributed by atoms with E-state index in [0.717, 1.165) is 13.1 Å². The van der Waals surface area contributed by atoms with Crippen LogP contribution in [0.15, 0.2) is 35.2 Å². The van der Waals surface area contributed by atoms with Crippen LogP contribution in [0.25, 0.3) is 0 Å². The van der Waals surface area contributed by atoms with E-state index in [1.165, 1.54) is 0 Å². The molecule has 1 heterocycles. The molecule has 0 aliphatic carbocycles. The minimum atomic E-state index is -3.50. The van der Waals surface area contributed by atoms with Crippen molar-refractivity contribution in [3.63, 3.8) is 0 Å². The standard InChI is InChI=1S/C22H40N2O3SSi/c1-18(2)15-24(28(25,26)21-11-9-8-10-12-21)16-19-13-23-14-20(19)17-27-29(6,7)22(3,4)5/h8-12,18-20,23H,13-17H2,1-7H3. The molecule has 0 bridgehead atoms. The van der Waals surface area contributed by atoms with Gasteiger partial charge in [0.05, 0.1) is 4.90 Å². The Bertz CT molecular complexity index is 745. The molecule has 1 aliphatic rings. The molecule has 0 amide bonds. The molecule has 1 N–H and O–H groups in total. The smallest absolute Gasteiger partial charge is 0.243 e. The minimum absolute atomic E-state index is 0.175. The van der Waals surface area contributed by atoms with Gasteiger partial charge in [0.25, 0.3) is 0 Å². The molecule has 5 nitrogen and oxygen atoms in total. The van der Waals surface area contributed by atoms with Gasteiger partial charge in [0.2, 0.25) is 10.0 Å². The van der Waals surface area contributed by atoms with Crippen LogP contribution in [0.3, 0.4) is 0 Å². The highest BCUT2D eigenvalue weighted by molar-refractivity contribution is 7.89. The van der Waals surface area contributed by atoms with Crippen molar-refractivity contribution in [3.8, 4) is 0 Å². The summed E-state index contributed by atoms with van der Waals surface area (Å²) >= 11 is 0. The van der Waals surface area contributed by atoms with Crippen molar-refractivity contribution < 1.29 is 12.8 Å². The number of hydrogen-bond donors (Lipinski definition) is 1. The van der Waals surface area contributed by atoms with Gasteiger partial charge in [0.15, 0.2) is 8.32 Å². The Morgan fingerprint density at radius 2 is 1.72 bits per heavy atom. The first-order valence-corrected chi connectivity index (χ1v) is 15.1. The Labute approximate surface area is 179 Å². The van der Waals surface area contributed by atoms with E-state index in [-0.39, 0.29) is 16.9 Å². The first-order valence-electron chi connectivity index (χ1n) is 10.7. The Morgan fingerprint density at radius 3 is 2.28 bits per heavy atom. The first kappa shape index (κ1) is 24.5. The minimum Gasteiger partial charge on any atom is -0.416 e. The van der Waals surface area contributed by atoms with Gasteiger partial charge in [0.1, 0.15) is 0 Å². The molecule has 0 spiro atoms. The fraction of sp³-hybridized carbons (Fsp3) is 0.727. The van der Waals surface area contributed by atoms with Crippen LogP contribution in [0.1, 0.15) is 34.6 Å². The van der Waals surface area contributed by atoms with Gasteiger partial charge in [-0.15, -0.1) is 0 Å². The molecule has 1 aromatic rings. The first-order chi connectivity index (χ1) is 13.3. The lowest BCUT2D eigenvalue weighted by atomic mass is 9.97. The SMILES string of the molecule is CC(C)CN(CC1CNCC1CO[Si](C)(C)C(C)(C)C)S(=O)(=O)c1ccccc1. The maximum absolute atomic E-state index is 13.3. The van der Waals surface area contributed by atoms with Crippen LogP contribution >= 0.6 is 0 Å². The van der Waals surface area contributed by atoms with E-state index in [0.29, 0.717) is 30.5 Å². The lowest BCUT2D eigenvalue weighted by molar-refractivity contribution is 0.190. The van der Waals surface area contributed by atoms with Crippen molar-refractivity contribution in [2.24, 2.45) is 17.8 Å². The molecule has 1 aromatic carbocycles. The number of hydrogen-bond acceptors (Lipinski definition) is 4. The van der Waals surface area contributed by atoms with E-state index < -0.39 is 18.3 Å². The van der Waals surface area contributed by atoms with E-state index in [1.807, 2.05) is 6.07 Å². The summed E-state index contributed by atoms with van der Waals surface area (Å²) in [5.74, 6) is 0.867. The summed E-state index contributed by atoms with van der Waals surface area (Å²) in [5, 5.41) is 3.64. The second-order valence-electron chi connectivity index (χ2n) is 10.3. The summed E-state index contributed by atoms with van der Waals surface area (Å²) in [4.78, 5) is 0.376. The maximum atomic E-state index is 13.3. The van der Waals surface area contributed by atoms with Crippen LogP contribution in [-0.4, -0.2) is 53.8 Å². The Hall–Kier alpha value is -0.733. The number of nitrogens with one attached hydrogen (secondary N) is 1. The maximum Gasteiger partial charge on any atom is 0.243 e. The Kier molecular flexibility index (Phi) is 8.12. The number of benzene rings is 1. The molecule has 2 unspecified atom stereocenters. The summed E-state index contributed by atoms with van der Waals surface area (Å²) in [5.41, 5.74) is 0. The molecule has 166 valence electrons. The summed E-state index contributed by atoms with van der Waals surface area (Å²) in [7, 11) is -5.32. The van der Waals surface area contributed by atoms with Gasteiger partial charge < -0.3 is 9.74 Å². The second kappa shape index (κ2) is 9.60. The number of sulfonamides is 1. The molecule has 1 saturated heterocycles. The average Bonchev–Trinajstić information content (AvgIpc) is 3.06. The Balaban J connectivity index is 2.14. The predicted octanol–water partition coefficient (Wildman–Crippen LogP) is 4.19. The van der Waals surface area contributed by atoms with Crippen molar-refractivity contribution in [2.45, 2.75) is 57.6 Å². The lowest BCUT2D eigenvalue weighted by Crippen LogP contribution is -2.44. The molecule has 2 atom stereocenters. The fourth-order valence-electron chi connectivity index (χ4n) is 3.41. The highest BCUT2D eigenvalue weighted by atomic mass is 32.2. The fourth-order valence-corrected chi connectivity index (χ4v) is 6.15. The van der Waals surface area contributed by atoms with E-state index >= 15 is 0 Å². The molecule has 1 fully saturated rings. The zero-order valence-corrected chi connectivity index (χ0v) is 21.1. The molecule has 29 heavy (non-hydrogen) atoms. The molecule has 2 rings (SSSR count). The van der Waals surface area contributed by atoms with Crippen LogP contribution in [0.2, 0.25) is 18.1 Å². The van der Waals surface area contributed by atoms with Gasteiger partial charge in [-0.2, -0.15) is 4.31 Å². The van der Waals surface area contributed by atoms with Gasteiger partial charge >= 0.3 is 0 Å². The summed E-state index contributed by atoms with van der Waals surface area (Å²) < 4.78 is 34.7. The summed E-state index contributed by atoms with van der Waals surface area (Å²) in [6.45, 7) is 18.9. The lowest BCUT2D eigenvalue weighted by Gasteiger charge is -2.37. The molecule has 7 heteroatoms. The van der Waals surface area contributed by atoms with Crippen LogP contribution in [0.5, 0.6) is 0 Å². The van der Waals surface area contributed by atoms with Gasteiger partial charge in [-0.1, -0.05) is 52.8 Å². The molecule has 0 aromatic heterocycles. The third kappa shape index (κ3) is 6.37. The van der Waals surface area contributed by atoms with Gasteiger partial charge in [0, 0.05) is 26.2 Å². The van der Waals surface area contributed by atoms with Gasteiger partial charge in [-0.05, 0) is 54.6 Å². The highest BCUT2D eigenvalue weighted by Gasteiger charge is 2.40. The van der Waals surface area contributed by atoms with Crippen LogP contribution in [0, 0.1) is 17.8 Å². The largest absolute Gasteiger partial charge is 0.416 e. The summed E-state index contributed by atoms with van der Waals surface area (Å²) in [6.07, 6.45) is 0. The van der Waals surface area contributed by atoms with Crippen molar-refractivity contribution in [2.75, 3.05) is 32.8 Å². The van der Waals surface area contributed by atoms with Crippen LogP contribution < -0.4 is 5.32 Å². The zero-order chi connectivity index (χ0) is 21.9. The van der Waals surface area contributed by atoms with E-state index in [4.69, 9.17) is 4.43 Å². The number of rotatable bonds is 9. The van der Waals surface area contributed by atoms with Gasteiger partial charge in [-0.3, -0.25) is 0 Å². The molecular weight excluding hydrogens is 400 g/mol. The zero-order valence-electron chi connectivity index (χ0n) is 19.2. The summed E-state index contributed by atoms with van der Waals surface area (Å²) in [6, 6.07) is 8.79. The molecule has 1 aliphatic heterocycles. The Morgan fingerprint density at radius 1 is 1.14 bits per heavy atom. The van der Waals surface area contributed by atoms with E-state index in [1.54, 1.807) is 28.6 Å². The monoisotopic (exact) mass is 440 g/mol. The molecule has 0 saturated carbocycles. The quantitative estimate of drug-likeness (QED) is 0.585. The second-order valence-corrected chi connectivity index (χ2v) is 17.0. The van der Waals surface area contributed by atoms with Crippen LogP contribution in [0.4, 0.5) is 0 Å². The van der Waals surface area contributed by atoms with Crippen molar-refractivity contribution in [1.82, 2.24) is 9.62 Å². The van der Waals surface area contributed by atoms with Crippen molar-refractivity contribution >= 4 is 18.3 Å². The normalized spacial score (nSPS) is 21.3. The van der Waals surface area contributed by atoms with Crippen molar-refractivity contribution in [1.29, 1.82) is 0 Å².